The zero-order chi connectivity index (χ0) is 19.5. The Hall–Kier alpha value is -2.95. The normalized spacial score (nSPS) is 16.5. The van der Waals surface area contributed by atoms with E-state index in [0.717, 1.165) is 54.1 Å². The van der Waals surface area contributed by atoms with Crippen LogP contribution in [-0.4, -0.2) is 38.7 Å². The van der Waals surface area contributed by atoms with Gasteiger partial charge in [-0.2, -0.15) is 5.10 Å². The molecule has 1 aromatic carbocycles. The molecule has 2 aromatic heterocycles. The van der Waals surface area contributed by atoms with Gasteiger partial charge in [0.25, 0.3) is 5.91 Å². The molecule has 0 spiro atoms. The Labute approximate surface area is 166 Å². The Morgan fingerprint density at radius 3 is 2.79 bits per heavy atom. The van der Waals surface area contributed by atoms with E-state index in [2.05, 4.69) is 35.2 Å². The van der Waals surface area contributed by atoms with Gasteiger partial charge in [0.05, 0.1) is 12.2 Å². The van der Waals surface area contributed by atoms with Gasteiger partial charge in [-0.1, -0.05) is 18.2 Å². The Morgan fingerprint density at radius 2 is 2.04 bits per heavy atom. The molecule has 0 N–H and O–H groups in total. The highest BCUT2D eigenvalue weighted by atomic mass is 16.2. The van der Waals surface area contributed by atoms with Crippen molar-refractivity contribution in [2.45, 2.75) is 33.2 Å². The molecule has 5 heteroatoms. The monoisotopic (exact) mass is 374 g/mol. The molecule has 0 bridgehead atoms. The minimum absolute atomic E-state index is 0.124. The van der Waals surface area contributed by atoms with Gasteiger partial charge in [0.1, 0.15) is 0 Å². The van der Waals surface area contributed by atoms with Crippen molar-refractivity contribution in [3.63, 3.8) is 0 Å². The number of aromatic nitrogens is 3. The van der Waals surface area contributed by atoms with Crippen LogP contribution in [0.4, 0.5) is 0 Å². The minimum Gasteiger partial charge on any atom is -0.338 e. The second kappa shape index (κ2) is 7.97. The van der Waals surface area contributed by atoms with E-state index < -0.39 is 0 Å². The summed E-state index contributed by atoms with van der Waals surface area (Å²) in [6, 6.07) is 16.0. The average molecular weight is 374 g/mol. The second-order valence-electron chi connectivity index (χ2n) is 7.72. The second-order valence-corrected chi connectivity index (χ2v) is 7.72. The first-order chi connectivity index (χ1) is 13.6. The van der Waals surface area contributed by atoms with Crippen molar-refractivity contribution in [3.05, 3.63) is 82.9 Å². The number of aryl methyl sites for hydroxylation is 2. The molecule has 1 fully saturated rings. The highest BCUT2D eigenvalue weighted by Crippen LogP contribution is 2.22. The minimum atomic E-state index is 0.124. The average Bonchev–Trinajstić information content (AvgIpc) is 3.28. The zero-order valence-corrected chi connectivity index (χ0v) is 16.5. The van der Waals surface area contributed by atoms with Gasteiger partial charge in [-0.25, -0.2) is 0 Å². The Balaban J connectivity index is 1.41. The van der Waals surface area contributed by atoms with Gasteiger partial charge < -0.3 is 4.90 Å². The van der Waals surface area contributed by atoms with Crippen molar-refractivity contribution in [1.82, 2.24) is 19.7 Å². The van der Waals surface area contributed by atoms with Crippen molar-refractivity contribution in [2.75, 3.05) is 13.1 Å². The number of carbonyl (C=O) groups excluding carboxylic acids is 1. The van der Waals surface area contributed by atoms with Gasteiger partial charge in [0.15, 0.2) is 0 Å². The predicted octanol–water partition coefficient (Wildman–Crippen LogP) is 3.65. The molecule has 1 atom stereocenters. The molecule has 0 radical (unpaired) electrons. The molecule has 1 saturated heterocycles. The van der Waals surface area contributed by atoms with Gasteiger partial charge in [-0.05, 0) is 68.5 Å². The number of benzene rings is 1. The number of likely N-dealkylation sites (tertiary alicyclic amines) is 1. The number of pyridine rings is 1. The van der Waals surface area contributed by atoms with E-state index in [1.807, 2.05) is 53.0 Å². The molecule has 1 unspecified atom stereocenters. The first-order valence-corrected chi connectivity index (χ1v) is 9.87. The molecule has 4 rings (SSSR count). The number of nitrogens with zero attached hydrogens (tertiary/aromatic N) is 4. The van der Waals surface area contributed by atoms with Gasteiger partial charge in [-0.15, -0.1) is 0 Å². The van der Waals surface area contributed by atoms with E-state index >= 15 is 0 Å². The quantitative estimate of drug-likeness (QED) is 0.685. The fraction of sp³-hybridized carbons (Fsp3) is 0.348. The largest absolute Gasteiger partial charge is 0.338 e. The van der Waals surface area contributed by atoms with Crippen LogP contribution in [0.1, 0.15) is 39.4 Å². The molecule has 1 aliphatic rings. The SMILES string of the molecule is Cc1cc(C)n(Cc2cccc(C(=O)N3CCC(Cc4ccccn4)C3)c2)n1. The van der Waals surface area contributed by atoms with Gasteiger partial charge in [0.2, 0.25) is 0 Å². The first kappa shape index (κ1) is 18.4. The summed E-state index contributed by atoms with van der Waals surface area (Å²) in [7, 11) is 0. The summed E-state index contributed by atoms with van der Waals surface area (Å²) in [5, 5.41) is 4.52. The van der Waals surface area contributed by atoms with E-state index in [1.165, 1.54) is 0 Å². The Morgan fingerprint density at radius 1 is 1.14 bits per heavy atom. The topological polar surface area (TPSA) is 51.0 Å². The fourth-order valence-electron chi connectivity index (χ4n) is 3.99. The summed E-state index contributed by atoms with van der Waals surface area (Å²) in [6.07, 6.45) is 3.80. The van der Waals surface area contributed by atoms with Crippen LogP contribution in [0.5, 0.6) is 0 Å². The van der Waals surface area contributed by atoms with E-state index in [9.17, 15) is 4.79 Å². The molecule has 5 nitrogen and oxygen atoms in total. The molecule has 1 aliphatic heterocycles. The van der Waals surface area contributed by atoms with Crippen LogP contribution in [0.2, 0.25) is 0 Å². The smallest absolute Gasteiger partial charge is 0.253 e. The van der Waals surface area contributed by atoms with Gasteiger partial charge in [-0.3, -0.25) is 14.5 Å². The highest BCUT2D eigenvalue weighted by Gasteiger charge is 2.27. The van der Waals surface area contributed by atoms with Crippen molar-refractivity contribution >= 4 is 5.91 Å². The van der Waals surface area contributed by atoms with Gasteiger partial charge in [0, 0.05) is 36.2 Å². The maximum absolute atomic E-state index is 13.0. The summed E-state index contributed by atoms with van der Waals surface area (Å²) in [5.41, 5.74) is 5.11. The molecule has 3 aromatic rings. The van der Waals surface area contributed by atoms with E-state index in [1.54, 1.807) is 0 Å². The summed E-state index contributed by atoms with van der Waals surface area (Å²) < 4.78 is 1.98. The Kier molecular flexibility index (Phi) is 5.24. The fourth-order valence-corrected chi connectivity index (χ4v) is 3.99. The summed E-state index contributed by atoms with van der Waals surface area (Å²) in [4.78, 5) is 19.4. The first-order valence-electron chi connectivity index (χ1n) is 9.87. The molecule has 3 heterocycles. The molecular formula is C23H26N4O. The van der Waals surface area contributed by atoms with Crippen LogP contribution in [0.15, 0.2) is 54.7 Å². The lowest BCUT2D eigenvalue weighted by molar-refractivity contribution is 0.0787. The molecule has 28 heavy (non-hydrogen) atoms. The highest BCUT2D eigenvalue weighted by molar-refractivity contribution is 5.94. The third kappa shape index (κ3) is 4.14. The lowest BCUT2D eigenvalue weighted by Gasteiger charge is -2.17. The lowest BCUT2D eigenvalue weighted by Crippen LogP contribution is -2.29. The Bertz CT molecular complexity index is 964. The van der Waals surface area contributed by atoms with Gasteiger partial charge >= 0.3 is 0 Å². The van der Waals surface area contributed by atoms with Crippen molar-refractivity contribution < 1.29 is 4.79 Å². The molecule has 0 saturated carbocycles. The van der Waals surface area contributed by atoms with E-state index in [0.29, 0.717) is 12.5 Å². The summed E-state index contributed by atoms with van der Waals surface area (Å²) in [5.74, 6) is 0.607. The van der Waals surface area contributed by atoms with Crippen LogP contribution in [-0.2, 0) is 13.0 Å². The van der Waals surface area contributed by atoms with Crippen LogP contribution < -0.4 is 0 Å². The standard InChI is InChI=1S/C23H26N4O/c1-17-12-18(2)27(25-17)16-19-6-5-7-21(13-19)23(28)26-11-9-20(15-26)14-22-8-3-4-10-24-22/h3-8,10,12-13,20H,9,11,14-16H2,1-2H3. The number of hydrogen-bond acceptors (Lipinski definition) is 3. The summed E-state index contributed by atoms with van der Waals surface area (Å²) in [6.45, 7) is 6.36. The van der Waals surface area contributed by atoms with Crippen molar-refractivity contribution in [2.24, 2.45) is 5.92 Å². The van der Waals surface area contributed by atoms with Crippen LogP contribution in [0.25, 0.3) is 0 Å². The maximum Gasteiger partial charge on any atom is 0.253 e. The van der Waals surface area contributed by atoms with Crippen LogP contribution >= 0.6 is 0 Å². The van der Waals surface area contributed by atoms with E-state index in [4.69, 9.17) is 0 Å². The lowest BCUT2D eigenvalue weighted by atomic mass is 10.0. The van der Waals surface area contributed by atoms with Crippen molar-refractivity contribution in [3.8, 4) is 0 Å². The van der Waals surface area contributed by atoms with Crippen LogP contribution in [0.3, 0.4) is 0 Å². The van der Waals surface area contributed by atoms with Crippen molar-refractivity contribution in [1.29, 1.82) is 0 Å². The van der Waals surface area contributed by atoms with E-state index in [-0.39, 0.29) is 5.91 Å². The third-order valence-electron chi connectivity index (χ3n) is 5.41. The summed E-state index contributed by atoms with van der Waals surface area (Å²) >= 11 is 0. The number of amides is 1. The molecule has 144 valence electrons. The number of rotatable bonds is 5. The predicted molar refractivity (Wildman–Crippen MR) is 109 cm³/mol. The maximum atomic E-state index is 13.0. The number of carbonyl (C=O) groups is 1. The third-order valence-corrected chi connectivity index (χ3v) is 5.41. The van der Waals surface area contributed by atoms with Crippen LogP contribution in [0, 0.1) is 19.8 Å². The molecule has 0 aliphatic carbocycles. The molecular weight excluding hydrogens is 348 g/mol. The number of hydrogen-bond donors (Lipinski definition) is 0. The molecule has 1 amide bonds. The zero-order valence-electron chi connectivity index (χ0n) is 16.5.